The summed E-state index contributed by atoms with van der Waals surface area (Å²) in [4.78, 5) is 0. The summed E-state index contributed by atoms with van der Waals surface area (Å²) in [6.45, 7) is 0.690. The Morgan fingerprint density at radius 1 is 1.38 bits per heavy atom. The first-order valence-electron chi connectivity index (χ1n) is 3.82. The van der Waals surface area contributed by atoms with Gasteiger partial charge in [-0.3, -0.25) is 0 Å². The molecule has 0 aliphatic rings. The van der Waals surface area contributed by atoms with Crippen molar-refractivity contribution >= 4 is 0 Å². The van der Waals surface area contributed by atoms with Crippen LogP contribution < -0.4 is 5.73 Å². The predicted octanol–water partition coefficient (Wildman–Crippen LogP) is 2.18. The van der Waals surface area contributed by atoms with E-state index in [1.807, 2.05) is 0 Å². The van der Waals surface area contributed by atoms with E-state index >= 15 is 0 Å². The molecule has 0 aromatic heterocycles. The van der Waals surface area contributed by atoms with Gasteiger partial charge in [-0.2, -0.15) is 8.78 Å². The van der Waals surface area contributed by atoms with Crippen molar-refractivity contribution in [2.24, 2.45) is 5.73 Å². The number of halogens is 3. The Hall–Kier alpha value is -1.03. The summed E-state index contributed by atoms with van der Waals surface area (Å²) in [6.07, 6.45) is 0. The highest BCUT2D eigenvalue weighted by Gasteiger charge is 2.31. The smallest absolute Gasteiger partial charge is 0.285 e. The number of hydrogen-bond acceptors (Lipinski definition) is 1. The lowest BCUT2D eigenvalue weighted by atomic mass is 10.0. The minimum atomic E-state index is -3.15. The second kappa shape index (κ2) is 3.38. The van der Waals surface area contributed by atoms with Gasteiger partial charge in [-0.05, 0) is 24.6 Å². The molecule has 0 saturated carbocycles. The standard InChI is InChI=1S/C9H10F3N/c1-6-2-3-7(10)4-8(6)9(11,12)5-13/h2-4H,5,13H2,1H3. The molecule has 0 amide bonds. The lowest BCUT2D eigenvalue weighted by molar-refractivity contribution is 0.00502. The molecule has 4 heteroatoms. The number of aryl methyl sites for hydroxylation is 1. The van der Waals surface area contributed by atoms with Crippen LogP contribution >= 0.6 is 0 Å². The molecule has 13 heavy (non-hydrogen) atoms. The molecule has 2 N–H and O–H groups in total. The molecule has 1 aromatic carbocycles. The average Bonchev–Trinajstić information content (AvgIpc) is 2.09. The van der Waals surface area contributed by atoms with Crippen molar-refractivity contribution in [1.29, 1.82) is 0 Å². The maximum atomic E-state index is 13.0. The molecule has 0 spiro atoms. The average molecular weight is 189 g/mol. The molecule has 1 rings (SSSR count). The molecule has 0 aliphatic heterocycles. The quantitative estimate of drug-likeness (QED) is 0.758. The van der Waals surface area contributed by atoms with Crippen molar-refractivity contribution in [2.45, 2.75) is 12.8 Å². The zero-order valence-electron chi connectivity index (χ0n) is 7.15. The van der Waals surface area contributed by atoms with Crippen LogP contribution in [0, 0.1) is 12.7 Å². The molecule has 0 unspecified atom stereocenters. The maximum Gasteiger partial charge on any atom is 0.285 e. The molecular formula is C9H10F3N. The van der Waals surface area contributed by atoms with Gasteiger partial charge in [0.2, 0.25) is 0 Å². The lowest BCUT2D eigenvalue weighted by Crippen LogP contribution is -2.26. The van der Waals surface area contributed by atoms with Crippen molar-refractivity contribution in [1.82, 2.24) is 0 Å². The highest BCUT2D eigenvalue weighted by atomic mass is 19.3. The van der Waals surface area contributed by atoms with E-state index in [0.717, 1.165) is 12.1 Å². The minimum absolute atomic E-state index is 0.338. The van der Waals surface area contributed by atoms with E-state index < -0.39 is 18.3 Å². The first-order chi connectivity index (χ1) is 5.97. The van der Waals surface area contributed by atoms with Crippen LogP contribution in [-0.4, -0.2) is 6.54 Å². The highest BCUT2D eigenvalue weighted by Crippen LogP contribution is 2.29. The van der Waals surface area contributed by atoms with Gasteiger partial charge in [0.1, 0.15) is 5.82 Å². The summed E-state index contributed by atoms with van der Waals surface area (Å²) in [5.74, 6) is -3.82. The Morgan fingerprint density at radius 3 is 2.54 bits per heavy atom. The fraction of sp³-hybridized carbons (Fsp3) is 0.333. The van der Waals surface area contributed by atoms with E-state index in [-0.39, 0.29) is 5.56 Å². The van der Waals surface area contributed by atoms with Crippen LogP contribution in [0.15, 0.2) is 18.2 Å². The third kappa shape index (κ3) is 2.01. The van der Waals surface area contributed by atoms with Crippen molar-refractivity contribution in [2.75, 3.05) is 6.54 Å². The summed E-state index contributed by atoms with van der Waals surface area (Å²) in [7, 11) is 0. The van der Waals surface area contributed by atoms with E-state index in [9.17, 15) is 13.2 Å². The summed E-state index contributed by atoms with van der Waals surface area (Å²) in [5, 5.41) is 0. The second-order valence-electron chi connectivity index (χ2n) is 2.87. The topological polar surface area (TPSA) is 26.0 Å². The van der Waals surface area contributed by atoms with Crippen molar-refractivity contribution in [3.63, 3.8) is 0 Å². The molecular weight excluding hydrogens is 179 g/mol. The zero-order valence-corrected chi connectivity index (χ0v) is 7.15. The number of nitrogens with two attached hydrogens (primary N) is 1. The molecule has 0 radical (unpaired) electrons. The Bertz CT molecular complexity index is 310. The van der Waals surface area contributed by atoms with Gasteiger partial charge < -0.3 is 5.73 Å². The third-order valence-electron chi connectivity index (χ3n) is 1.85. The largest absolute Gasteiger partial charge is 0.325 e. The lowest BCUT2D eigenvalue weighted by Gasteiger charge is -2.16. The fourth-order valence-corrected chi connectivity index (χ4v) is 1.10. The van der Waals surface area contributed by atoms with Crippen LogP contribution in [0.1, 0.15) is 11.1 Å². The predicted molar refractivity (Wildman–Crippen MR) is 44.1 cm³/mol. The van der Waals surface area contributed by atoms with E-state index in [1.54, 1.807) is 0 Å². The molecule has 0 fully saturated rings. The van der Waals surface area contributed by atoms with E-state index in [0.29, 0.717) is 5.56 Å². The molecule has 1 aromatic rings. The number of rotatable bonds is 2. The third-order valence-corrected chi connectivity index (χ3v) is 1.85. The van der Waals surface area contributed by atoms with Crippen LogP contribution in [0.25, 0.3) is 0 Å². The van der Waals surface area contributed by atoms with Gasteiger partial charge in [0.25, 0.3) is 5.92 Å². The number of hydrogen-bond donors (Lipinski definition) is 1. The number of benzene rings is 1. The van der Waals surface area contributed by atoms with Gasteiger partial charge in [-0.25, -0.2) is 4.39 Å². The molecule has 0 aliphatic carbocycles. The molecule has 1 nitrogen and oxygen atoms in total. The van der Waals surface area contributed by atoms with Crippen molar-refractivity contribution < 1.29 is 13.2 Å². The van der Waals surface area contributed by atoms with Gasteiger partial charge in [0.05, 0.1) is 6.54 Å². The first kappa shape index (κ1) is 10.1. The molecule has 0 bridgehead atoms. The van der Waals surface area contributed by atoms with Gasteiger partial charge in [-0.1, -0.05) is 6.07 Å². The Labute approximate surface area is 74.4 Å². The molecule has 0 saturated heterocycles. The normalized spacial score (nSPS) is 11.8. The van der Waals surface area contributed by atoms with E-state index in [1.165, 1.54) is 13.0 Å². The second-order valence-corrected chi connectivity index (χ2v) is 2.87. The molecule has 0 atom stereocenters. The summed E-state index contributed by atoms with van der Waals surface area (Å²) in [5.41, 5.74) is 4.89. The highest BCUT2D eigenvalue weighted by molar-refractivity contribution is 5.30. The minimum Gasteiger partial charge on any atom is -0.325 e. The zero-order chi connectivity index (χ0) is 10.1. The molecule has 72 valence electrons. The maximum absolute atomic E-state index is 13.0. The Kier molecular flexibility index (Phi) is 2.61. The number of alkyl halides is 2. The summed E-state index contributed by atoms with van der Waals surface area (Å²) in [6, 6.07) is 3.28. The van der Waals surface area contributed by atoms with Gasteiger partial charge >= 0.3 is 0 Å². The van der Waals surface area contributed by atoms with E-state index in [2.05, 4.69) is 0 Å². The van der Waals surface area contributed by atoms with Crippen LogP contribution in [0.2, 0.25) is 0 Å². The van der Waals surface area contributed by atoms with Gasteiger partial charge in [0.15, 0.2) is 0 Å². The van der Waals surface area contributed by atoms with Crippen LogP contribution in [0.4, 0.5) is 13.2 Å². The summed E-state index contributed by atoms with van der Waals surface area (Å²) >= 11 is 0. The van der Waals surface area contributed by atoms with Crippen LogP contribution in [0.3, 0.4) is 0 Å². The van der Waals surface area contributed by atoms with Gasteiger partial charge in [-0.15, -0.1) is 0 Å². The Morgan fingerprint density at radius 2 is 2.00 bits per heavy atom. The Balaban J connectivity index is 3.20. The van der Waals surface area contributed by atoms with Crippen molar-refractivity contribution in [3.05, 3.63) is 35.1 Å². The summed E-state index contributed by atoms with van der Waals surface area (Å²) < 4.78 is 38.7. The SMILES string of the molecule is Cc1ccc(F)cc1C(F)(F)CN. The van der Waals surface area contributed by atoms with Gasteiger partial charge in [0, 0.05) is 5.56 Å². The van der Waals surface area contributed by atoms with Crippen molar-refractivity contribution in [3.8, 4) is 0 Å². The van der Waals surface area contributed by atoms with Crippen LogP contribution in [0.5, 0.6) is 0 Å². The fourth-order valence-electron chi connectivity index (χ4n) is 1.10. The molecule has 0 heterocycles. The van der Waals surface area contributed by atoms with E-state index in [4.69, 9.17) is 5.73 Å². The monoisotopic (exact) mass is 189 g/mol. The van der Waals surface area contributed by atoms with Crippen LogP contribution in [-0.2, 0) is 5.92 Å². The first-order valence-corrected chi connectivity index (χ1v) is 3.82.